The van der Waals surface area contributed by atoms with E-state index in [1.54, 1.807) is 13.0 Å². The molecule has 0 saturated heterocycles. The van der Waals surface area contributed by atoms with Gasteiger partial charge in [0, 0.05) is 16.6 Å². The van der Waals surface area contributed by atoms with Crippen LogP contribution in [0.4, 0.5) is 10.1 Å². The van der Waals surface area contributed by atoms with Gasteiger partial charge in [0.05, 0.1) is 12.3 Å². The third-order valence-corrected chi connectivity index (χ3v) is 4.03. The van der Waals surface area contributed by atoms with Crippen molar-refractivity contribution in [2.75, 3.05) is 17.7 Å². The molecule has 0 saturated carbocycles. The van der Waals surface area contributed by atoms with E-state index in [0.29, 0.717) is 0 Å². The molecule has 6 heteroatoms. The lowest BCUT2D eigenvalue weighted by Crippen LogP contribution is -2.31. The predicted molar refractivity (Wildman–Crippen MR) is 69.3 cm³/mol. The maximum Gasteiger partial charge on any atom is 0.239 e. The van der Waals surface area contributed by atoms with Crippen molar-refractivity contribution in [1.29, 1.82) is 0 Å². The molecule has 0 spiro atoms. The van der Waals surface area contributed by atoms with Crippen molar-refractivity contribution in [3.63, 3.8) is 0 Å². The van der Waals surface area contributed by atoms with Crippen LogP contribution in [0.2, 0.25) is 0 Å². The van der Waals surface area contributed by atoms with Crippen molar-refractivity contribution in [3.05, 3.63) is 29.6 Å². The zero-order valence-electron chi connectivity index (χ0n) is 10.3. The molecule has 0 aliphatic heterocycles. The summed E-state index contributed by atoms with van der Waals surface area (Å²) in [5.74, 6) is -1.02. The number of carbonyl (C=O) groups is 1. The summed E-state index contributed by atoms with van der Waals surface area (Å²) in [6.07, 6.45) is 0. The molecule has 4 nitrogen and oxygen atoms in total. The highest BCUT2D eigenvalue weighted by Crippen LogP contribution is 2.16. The van der Waals surface area contributed by atoms with Crippen LogP contribution in [-0.2, 0) is 15.6 Å². The van der Waals surface area contributed by atoms with E-state index in [4.69, 9.17) is 5.11 Å². The average Bonchev–Trinajstić information content (AvgIpc) is 2.32. The average molecular weight is 273 g/mol. The van der Waals surface area contributed by atoms with Gasteiger partial charge < -0.3 is 10.4 Å². The first kappa shape index (κ1) is 14.8. The molecule has 1 amide bonds. The number of carbonyl (C=O) groups excluding carboxylic acids is 1. The molecule has 2 unspecified atom stereocenters. The van der Waals surface area contributed by atoms with Crippen molar-refractivity contribution in [2.24, 2.45) is 0 Å². The molecule has 2 atom stereocenters. The van der Waals surface area contributed by atoms with Crippen LogP contribution in [0.5, 0.6) is 0 Å². The summed E-state index contributed by atoms with van der Waals surface area (Å²) in [5.41, 5.74) is 0.820. The van der Waals surface area contributed by atoms with E-state index in [1.807, 2.05) is 0 Å². The summed E-state index contributed by atoms with van der Waals surface area (Å²) in [6.45, 7) is 2.98. The zero-order valence-corrected chi connectivity index (χ0v) is 11.1. The van der Waals surface area contributed by atoms with E-state index in [9.17, 15) is 13.4 Å². The fraction of sp³-hybridized carbons (Fsp3) is 0.417. The zero-order chi connectivity index (χ0) is 13.7. The van der Waals surface area contributed by atoms with Crippen LogP contribution in [0.3, 0.4) is 0 Å². The smallest absolute Gasteiger partial charge is 0.239 e. The number of aliphatic hydroxyl groups is 1. The Morgan fingerprint density at radius 2 is 2.22 bits per heavy atom. The topological polar surface area (TPSA) is 66.4 Å². The Labute approximate surface area is 108 Å². The van der Waals surface area contributed by atoms with Crippen LogP contribution in [0.1, 0.15) is 12.5 Å². The second-order valence-corrected chi connectivity index (χ2v) is 5.80. The summed E-state index contributed by atoms with van der Waals surface area (Å²) in [6, 6.07) is 4.45. The van der Waals surface area contributed by atoms with Crippen LogP contribution in [-0.4, -0.2) is 32.8 Å². The van der Waals surface area contributed by atoms with E-state index in [1.165, 1.54) is 19.1 Å². The minimum atomic E-state index is -1.46. The molecular weight excluding hydrogens is 257 g/mol. The standard InChI is InChI=1S/C12H16FNO3S/c1-8-3-4-11(10(13)7-8)14-12(16)9(2)18(17)6-5-15/h3-4,7,9,15H,5-6H2,1-2H3,(H,14,16). The largest absolute Gasteiger partial charge is 0.395 e. The first-order chi connectivity index (χ1) is 8.45. The number of anilines is 1. The van der Waals surface area contributed by atoms with Crippen molar-refractivity contribution >= 4 is 22.4 Å². The van der Waals surface area contributed by atoms with Crippen molar-refractivity contribution < 1.29 is 18.5 Å². The second-order valence-electron chi connectivity index (χ2n) is 3.92. The number of nitrogens with one attached hydrogen (secondary N) is 1. The van der Waals surface area contributed by atoms with E-state index >= 15 is 0 Å². The summed E-state index contributed by atoms with van der Waals surface area (Å²) in [7, 11) is -1.46. The predicted octanol–water partition coefficient (Wildman–Crippen LogP) is 1.20. The fourth-order valence-corrected chi connectivity index (χ4v) is 2.17. The lowest BCUT2D eigenvalue weighted by molar-refractivity contribution is -0.115. The summed E-state index contributed by atoms with van der Waals surface area (Å²) in [5, 5.41) is 10.2. The summed E-state index contributed by atoms with van der Waals surface area (Å²) >= 11 is 0. The maximum absolute atomic E-state index is 13.5. The Morgan fingerprint density at radius 3 is 2.78 bits per heavy atom. The third-order valence-electron chi connectivity index (χ3n) is 2.44. The van der Waals surface area contributed by atoms with E-state index < -0.39 is 27.8 Å². The van der Waals surface area contributed by atoms with Gasteiger partial charge in [0.15, 0.2) is 0 Å². The van der Waals surface area contributed by atoms with Gasteiger partial charge in [0.1, 0.15) is 11.1 Å². The monoisotopic (exact) mass is 273 g/mol. The van der Waals surface area contributed by atoms with Gasteiger partial charge in [-0.2, -0.15) is 0 Å². The number of hydrogen-bond donors (Lipinski definition) is 2. The molecule has 0 fully saturated rings. The molecule has 0 heterocycles. The first-order valence-electron chi connectivity index (χ1n) is 5.50. The van der Waals surface area contributed by atoms with E-state index in [0.717, 1.165) is 5.56 Å². The Kier molecular flexibility index (Phi) is 5.43. The number of aliphatic hydroxyl groups excluding tert-OH is 1. The van der Waals surface area contributed by atoms with E-state index in [-0.39, 0.29) is 18.0 Å². The van der Waals surface area contributed by atoms with Gasteiger partial charge in [0.2, 0.25) is 5.91 Å². The summed E-state index contributed by atoms with van der Waals surface area (Å²) in [4.78, 5) is 11.7. The lowest BCUT2D eigenvalue weighted by Gasteiger charge is -2.12. The minimum absolute atomic E-state index is 0.0327. The molecule has 100 valence electrons. The highest BCUT2D eigenvalue weighted by Gasteiger charge is 2.20. The second kappa shape index (κ2) is 6.61. The Balaban J connectivity index is 2.72. The quantitative estimate of drug-likeness (QED) is 0.847. The highest BCUT2D eigenvalue weighted by molar-refractivity contribution is 7.86. The van der Waals surface area contributed by atoms with Gasteiger partial charge in [-0.25, -0.2) is 4.39 Å². The number of halogens is 1. The minimum Gasteiger partial charge on any atom is -0.395 e. The molecule has 0 bridgehead atoms. The molecule has 0 aliphatic rings. The van der Waals surface area contributed by atoms with Gasteiger partial charge in [-0.1, -0.05) is 6.07 Å². The Bertz CT molecular complexity index is 465. The number of hydrogen-bond acceptors (Lipinski definition) is 3. The molecule has 0 radical (unpaired) electrons. The summed E-state index contributed by atoms with van der Waals surface area (Å²) < 4.78 is 25.0. The number of rotatable bonds is 5. The Hall–Kier alpha value is -1.27. The van der Waals surface area contributed by atoms with Crippen LogP contribution < -0.4 is 5.32 Å². The SMILES string of the molecule is Cc1ccc(NC(=O)C(C)S(=O)CCO)c(F)c1. The number of amides is 1. The van der Waals surface area contributed by atoms with Gasteiger partial charge >= 0.3 is 0 Å². The van der Waals surface area contributed by atoms with Crippen molar-refractivity contribution in [1.82, 2.24) is 0 Å². The normalized spacial score (nSPS) is 14.0. The van der Waals surface area contributed by atoms with Crippen LogP contribution in [0, 0.1) is 12.7 Å². The van der Waals surface area contributed by atoms with Gasteiger partial charge in [-0.15, -0.1) is 0 Å². The Morgan fingerprint density at radius 1 is 1.56 bits per heavy atom. The molecule has 1 aromatic carbocycles. The number of benzene rings is 1. The maximum atomic E-state index is 13.5. The molecule has 1 rings (SSSR count). The van der Waals surface area contributed by atoms with Gasteiger partial charge in [-0.3, -0.25) is 9.00 Å². The van der Waals surface area contributed by atoms with Crippen LogP contribution in [0.25, 0.3) is 0 Å². The molecule has 1 aromatic rings. The van der Waals surface area contributed by atoms with Crippen molar-refractivity contribution in [2.45, 2.75) is 19.1 Å². The van der Waals surface area contributed by atoms with Gasteiger partial charge in [0.25, 0.3) is 0 Å². The highest BCUT2D eigenvalue weighted by atomic mass is 32.2. The molecular formula is C12H16FNO3S. The van der Waals surface area contributed by atoms with Crippen LogP contribution in [0.15, 0.2) is 18.2 Å². The molecule has 18 heavy (non-hydrogen) atoms. The van der Waals surface area contributed by atoms with Crippen molar-refractivity contribution in [3.8, 4) is 0 Å². The molecule has 0 aliphatic carbocycles. The molecule has 0 aromatic heterocycles. The first-order valence-corrected chi connectivity index (χ1v) is 6.89. The fourth-order valence-electron chi connectivity index (χ4n) is 1.34. The third kappa shape index (κ3) is 3.89. The van der Waals surface area contributed by atoms with Crippen LogP contribution >= 0.6 is 0 Å². The lowest BCUT2D eigenvalue weighted by atomic mass is 10.2. The number of aryl methyl sites for hydroxylation is 1. The molecule has 2 N–H and O–H groups in total. The van der Waals surface area contributed by atoms with E-state index in [2.05, 4.69) is 5.32 Å². The van der Waals surface area contributed by atoms with Gasteiger partial charge in [-0.05, 0) is 31.5 Å².